The molecule has 2 unspecified atom stereocenters. The zero-order valence-corrected chi connectivity index (χ0v) is 35.1. The van der Waals surface area contributed by atoms with Crippen LogP contribution in [0.3, 0.4) is 0 Å². The van der Waals surface area contributed by atoms with E-state index in [2.05, 4.69) is 30.8 Å². The summed E-state index contributed by atoms with van der Waals surface area (Å²) >= 11 is 6.73. The van der Waals surface area contributed by atoms with Crippen LogP contribution in [-0.4, -0.2) is 115 Å². The zero-order chi connectivity index (χ0) is 40.2. The summed E-state index contributed by atoms with van der Waals surface area (Å²) in [5.41, 5.74) is 2.45. The number of rotatable bonds is 13. The van der Waals surface area contributed by atoms with E-state index in [0.717, 1.165) is 37.4 Å². The van der Waals surface area contributed by atoms with Crippen LogP contribution in [0.1, 0.15) is 80.3 Å². The number of piperidine rings is 1. The van der Waals surface area contributed by atoms with Crippen LogP contribution < -0.4 is 29.1 Å². The second-order valence-electron chi connectivity index (χ2n) is 14.0. The molecule has 57 heavy (non-hydrogen) atoms. The first-order valence-corrected chi connectivity index (χ1v) is 22.0. The normalized spacial score (nSPS) is 17.0. The summed E-state index contributed by atoms with van der Waals surface area (Å²) in [6.07, 6.45) is 4.45. The number of aryl methyl sites for hydroxylation is 2. The van der Waals surface area contributed by atoms with Gasteiger partial charge in [-0.25, -0.2) is 0 Å². The molecule has 0 bridgehead atoms. The number of fused-ring (bicyclic) bond motifs is 1. The van der Waals surface area contributed by atoms with E-state index in [4.69, 9.17) is 16.6 Å². The van der Waals surface area contributed by atoms with Gasteiger partial charge in [0.15, 0.2) is 0 Å². The van der Waals surface area contributed by atoms with Gasteiger partial charge in [-0.1, -0.05) is 6.07 Å². The van der Waals surface area contributed by atoms with E-state index in [9.17, 15) is 28.8 Å². The number of benzene rings is 2. The fourth-order valence-electron chi connectivity index (χ4n) is 7.10. The molecule has 0 saturated carbocycles. The number of amides is 6. The molecule has 15 nitrogen and oxygen atoms in total. The van der Waals surface area contributed by atoms with Crippen molar-refractivity contribution in [2.24, 2.45) is 0 Å². The Morgan fingerprint density at radius 3 is 2.54 bits per heavy atom. The van der Waals surface area contributed by atoms with E-state index in [1.54, 1.807) is 30.5 Å². The summed E-state index contributed by atoms with van der Waals surface area (Å²) in [4.78, 5) is 95.9. The number of carbonyl (C=O) groups excluding carboxylic acids is 6. The van der Waals surface area contributed by atoms with Crippen molar-refractivity contribution in [3.05, 3.63) is 81.1 Å². The molecule has 7 rings (SSSR count). The number of hydrogen-bond donors (Lipinski definition) is 3. The molecular weight excluding hydrogens is 833 g/mol. The Hall–Kier alpha value is -5.18. The molecule has 2 atom stereocenters. The van der Waals surface area contributed by atoms with Gasteiger partial charge in [0.05, 0.1) is 11.1 Å². The number of halogens is 1. The van der Waals surface area contributed by atoms with Crippen molar-refractivity contribution in [3.8, 4) is 0 Å². The van der Waals surface area contributed by atoms with Gasteiger partial charge in [-0.2, -0.15) is 0 Å². The van der Waals surface area contributed by atoms with E-state index < -0.39 is 45.4 Å². The number of anilines is 3. The Kier molecular flexibility index (Phi) is 12.3. The number of carbonyl (C=O) groups is 6. The molecule has 0 spiro atoms. The molecule has 5 heterocycles. The Balaban J connectivity index is 0.842. The predicted molar refractivity (Wildman–Crippen MR) is 218 cm³/mol. The maximum atomic E-state index is 13.3. The molecule has 0 radical (unpaired) electrons. The summed E-state index contributed by atoms with van der Waals surface area (Å²) in [5.74, 6) is -0.805. The number of unbranched alkanes of at least 4 members (excludes halogenated alkanes) is 2. The van der Waals surface area contributed by atoms with Gasteiger partial charge in [-0.05, 0) is 18.6 Å². The summed E-state index contributed by atoms with van der Waals surface area (Å²) in [5, 5.41) is 8.86. The second-order valence-corrected chi connectivity index (χ2v) is 18.8. The third-order valence-corrected chi connectivity index (χ3v) is 14.1. The van der Waals surface area contributed by atoms with Crippen molar-refractivity contribution in [1.29, 1.82) is 0 Å². The number of thiazole rings is 1. The Morgan fingerprint density at radius 1 is 0.982 bits per heavy atom. The first-order chi connectivity index (χ1) is 27.5. The van der Waals surface area contributed by atoms with Crippen LogP contribution in [0.15, 0.2) is 48.7 Å². The van der Waals surface area contributed by atoms with E-state index in [1.807, 2.05) is 36.9 Å². The standard InChI is InChI=1S/C39H41AsClN9O6S/c1-22-8-6-10-25(41)34(22)47-36(54)28-21-43-39(57-28)40-29-20-30(45-23(2)44-29)48-16-18-49(19-17-48)32(52)12-4-3-5-15-42-26-11-7-9-24-33(26)38(56)50(37(24)55)27-13-14-31(51)46-35(27)53/h6-11,20-21,27,40,42H,3-5,12-19H2,1-2H3,(H,47,54)(H,46,51,53). The Labute approximate surface area is 344 Å². The van der Waals surface area contributed by atoms with E-state index in [1.165, 1.54) is 11.3 Å². The first kappa shape index (κ1) is 40.0. The SMILES string of the molecule is Cc1nc([AsH]c2ncc(C(=O)Nc3c(C)cccc3Cl)s2)cc(N2CCN(C(=O)CCCCCNc3cccc4c3C(=O)N(C3CCC(=O)NC3=O)C4=O)CC2)n1. The van der Waals surface area contributed by atoms with Crippen molar-refractivity contribution in [3.63, 3.8) is 0 Å². The first-order valence-electron chi connectivity index (χ1n) is 18.7. The van der Waals surface area contributed by atoms with Gasteiger partial charge >= 0.3 is 227 Å². The average Bonchev–Trinajstić information content (AvgIpc) is 3.76. The summed E-state index contributed by atoms with van der Waals surface area (Å²) < 4.78 is 1.79. The molecule has 2 saturated heterocycles. The Morgan fingerprint density at radius 2 is 1.77 bits per heavy atom. The fourth-order valence-corrected chi connectivity index (χ4v) is 11.1. The molecule has 4 aromatic rings. The molecule has 296 valence electrons. The van der Waals surface area contributed by atoms with Crippen molar-refractivity contribution in [2.45, 2.75) is 58.4 Å². The van der Waals surface area contributed by atoms with Crippen molar-refractivity contribution in [1.82, 2.24) is 30.1 Å². The fraction of sp³-hybridized carbons (Fsp3) is 0.359. The van der Waals surface area contributed by atoms with Gasteiger partial charge in [0.2, 0.25) is 11.8 Å². The van der Waals surface area contributed by atoms with Crippen LogP contribution in [0.25, 0.3) is 0 Å². The minimum atomic E-state index is -1.02. The quantitative estimate of drug-likeness (QED) is 0.102. The summed E-state index contributed by atoms with van der Waals surface area (Å²) in [6, 6.07) is 11.4. The average molecular weight is 874 g/mol. The molecule has 2 aromatic carbocycles. The van der Waals surface area contributed by atoms with Gasteiger partial charge in [0.25, 0.3) is 11.8 Å². The van der Waals surface area contributed by atoms with Crippen LogP contribution in [0, 0.1) is 13.8 Å². The number of nitrogens with one attached hydrogen (secondary N) is 3. The van der Waals surface area contributed by atoms with Gasteiger partial charge in [0, 0.05) is 18.7 Å². The van der Waals surface area contributed by atoms with Crippen LogP contribution in [0.4, 0.5) is 17.2 Å². The molecule has 3 N–H and O–H groups in total. The molecule has 6 amide bonds. The number of aromatic nitrogens is 3. The minimum absolute atomic E-state index is 0.0622. The molecule has 0 aliphatic carbocycles. The molecular formula is C39H41AsClN9O6S. The monoisotopic (exact) mass is 873 g/mol. The number of imide groups is 2. The third-order valence-electron chi connectivity index (χ3n) is 10.1. The van der Waals surface area contributed by atoms with Gasteiger partial charge < -0.3 is 5.32 Å². The van der Waals surface area contributed by atoms with Gasteiger partial charge in [-0.3, -0.25) is 29.4 Å². The topological polar surface area (TPSA) is 187 Å². The van der Waals surface area contributed by atoms with Gasteiger partial charge in [-0.15, -0.1) is 0 Å². The molecule has 3 aliphatic rings. The summed E-state index contributed by atoms with van der Waals surface area (Å²) in [7, 11) is 0. The van der Waals surface area contributed by atoms with Crippen LogP contribution in [0.2, 0.25) is 5.02 Å². The van der Waals surface area contributed by atoms with E-state index in [-0.39, 0.29) is 35.8 Å². The van der Waals surface area contributed by atoms with Crippen molar-refractivity contribution in [2.75, 3.05) is 48.3 Å². The van der Waals surface area contributed by atoms with Gasteiger partial charge in [0.1, 0.15) is 6.04 Å². The molecule has 18 heteroatoms. The van der Waals surface area contributed by atoms with Crippen molar-refractivity contribution < 1.29 is 28.8 Å². The second kappa shape index (κ2) is 17.5. The number of piperazine rings is 1. The van der Waals surface area contributed by atoms with Crippen molar-refractivity contribution >= 4 is 99.6 Å². The third kappa shape index (κ3) is 9.03. The Bertz CT molecular complexity index is 2240. The summed E-state index contributed by atoms with van der Waals surface area (Å²) in [6.45, 7) is 6.77. The molecule has 3 aliphatic heterocycles. The number of hydrogen-bond acceptors (Lipinski definition) is 12. The number of nitrogens with zero attached hydrogens (tertiary/aromatic N) is 6. The maximum absolute atomic E-state index is 13.3. The predicted octanol–water partition coefficient (Wildman–Crippen LogP) is 2.57. The van der Waals surface area contributed by atoms with E-state index in [0.29, 0.717) is 72.7 Å². The van der Waals surface area contributed by atoms with Crippen LogP contribution >= 0.6 is 22.9 Å². The zero-order valence-electron chi connectivity index (χ0n) is 31.4. The van der Waals surface area contributed by atoms with E-state index >= 15 is 0 Å². The molecule has 2 aromatic heterocycles. The number of para-hydroxylation sites is 1. The van der Waals surface area contributed by atoms with Crippen LogP contribution in [-0.2, 0) is 14.4 Å². The van der Waals surface area contributed by atoms with Crippen LogP contribution in [0.5, 0.6) is 0 Å². The molecule has 2 fully saturated rings.